The molecule has 0 atom stereocenters. The van der Waals surface area contributed by atoms with E-state index in [1.165, 1.54) is 0 Å². The number of hydrogen-bond donors (Lipinski definition) is 0. The van der Waals surface area contributed by atoms with Crippen LogP contribution in [0.4, 0.5) is 0 Å². The van der Waals surface area contributed by atoms with E-state index in [0.717, 1.165) is 6.42 Å². The molecule has 4 heteroatoms. The molecule has 11 heavy (non-hydrogen) atoms. The van der Waals surface area contributed by atoms with Crippen molar-refractivity contribution in [2.24, 2.45) is 0 Å². The number of rotatable bonds is 3. The predicted molar refractivity (Wildman–Crippen MR) is 37.6 cm³/mol. The Morgan fingerprint density at radius 1 is 1.45 bits per heavy atom. The number of nitrogens with zero attached hydrogens (tertiary/aromatic N) is 3. The fourth-order valence-electron chi connectivity index (χ4n) is 0.695. The van der Waals surface area contributed by atoms with E-state index in [4.69, 9.17) is 9.68 Å². The smallest absolute Gasteiger partial charge is 0.217 e. The summed E-state index contributed by atoms with van der Waals surface area (Å²) in [7, 11) is 0. The third-order valence-electron chi connectivity index (χ3n) is 1.26. The SMILES string of the molecule is CCc1nnc(CCC#N)o1. The minimum absolute atomic E-state index is 0.436. The highest BCUT2D eigenvalue weighted by molar-refractivity contribution is 4.84. The number of aryl methyl sites for hydroxylation is 2. The normalized spacial score (nSPS) is 9.45. The van der Waals surface area contributed by atoms with Gasteiger partial charge in [0.2, 0.25) is 11.8 Å². The first-order valence-corrected chi connectivity index (χ1v) is 3.55. The predicted octanol–water partition coefficient (Wildman–Crippen LogP) is 1.09. The molecule has 0 saturated carbocycles. The summed E-state index contributed by atoms with van der Waals surface area (Å²) >= 11 is 0. The third kappa shape index (κ3) is 2.04. The quantitative estimate of drug-likeness (QED) is 0.648. The van der Waals surface area contributed by atoms with Crippen LogP contribution in [0.1, 0.15) is 25.1 Å². The van der Waals surface area contributed by atoms with Crippen LogP contribution in [0.15, 0.2) is 4.42 Å². The largest absolute Gasteiger partial charge is 0.425 e. The summed E-state index contributed by atoms with van der Waals surface area (Å²) in [5, 5.41) is 15.8. The van der Waals surface area contributed by atoms with Gasteiger partial charge in [-0.05, 0) is 0 Å². The summed E-state index contributed by atoms with van der Waals surface area (Å²) < 4.78 is 5.16. The van der Waals surface area contributed by atoms with Gasteiger partial charge >= 0.3 is 0 Å². The van der Waals surface area contributed by atoms with Crippen molar-refractivity contribution in [1.29, 1.82) is 5.26 Å². The van der Waals surface area contributed by atoms with Crippen molar-refractivity contribution in [2.75, 3.05) is 0 Å². The summed E-state index contributed by atoms with van der Waals surface area (Å²) in [4.78, 5) is 0. The maximum Gasteiger partial charge on any atom is 0.217 e. The lowest BCUT2D eigenvalue weighted by Gasteiger charge is -1.84. The lowest BCUT2D eigenvalue weighted by atomic mass is 10.3. The molecule has 0 saturated heterocycles. The maximum atomic E-state index is 8.25. The monoisotopic (exact) mass is 151 g/mol. The average Bonchev–Trinajstić information content (AvgIpc) is 2.48. The molecule has 0 unspecified atom stereocenters. The average molecular weight is 151 g/mol. The van der Waals surface area contributed by atoms with Crippen LogP contribution in [0.3, 0.4) is 0 Å². The molecule has 0 aromatic carbocycles. The van der Waals surface area contributed by atoms with Gasteiger partial charge < -0.3 is 4.42 Å². The van der Waals surface area contributed by atoms with E-state index in [9.17, 15) is 0 Å². The molecule has 0 spiro atoms. The van der Waals surface area contributed by atoms with E-state index in [0.29, 0.717) is 24.6 Å². The van der Waals surface area contributed by atoms with Gasteiger partial charge in [-0.3, -0.25) is 0 Å². The first-order chi connectivity index (χ1) is 5.36. The lowest BCUT2D eigenvalue weighted by molar-refractivity contribution is 0.455. The Labute approximate surface area is 64.9 Å². The molecule has 0 aliphatic heterocycles. The van der Waals surface area contributed by atoms with Gasteiger partial charge in [0.15, 0.2) is 0 Å². The minimum Gasteiger partial charge on any atom is -0.425 e. The molecular formula is C7H9N3O. The Morgan fingerprint density at radius 3 is 2.73 bits per heavy atom. The van der Waals surface area contributed by atoms with E-state index < -0.39 is 0 Å². The highest BCUT2D eigenvalue weighted by Gasteiger charge is 2.02. The number of nitriles is 1. The summed E-state index contributed by atoms with van der Waals surface area (Å²) in [5.74, 6) is 1.20. The second-order valence-corrected chi connectivity index (χ2v) is 2.10. The van der Waals surface area contributed by atoms with Gasteiger partial charge in [-0.2, -0.15) is 5.26 Å². The van der Waals surface area contributed by atoms with E-state index in [1.807, 2.05) is 13.0 Å². The van der Waals surface area contributed by atoms with Gasteiger partial charge in [-0.25, -0.2) is 0 Å². The highest BCUT2D eigenvalue weighted by atomic mass is 16.4. The maximum absolute atomic E-state index is 8.25. The standard InChI is InChI=1S/C7H9N3O/c1-2-6-9-10-7(11-6)4-3-5-8/h2-4H2,1H3. The van der Waals surface area contributed by atoms with Crippen LogP contribution >= 0.6 is 0 Å². The van der Waals surface area contributed by atoms with Gasteiger partial charge in [0.05, 0.1) is 6.07 Å². The molecule has 1 aromatic heterocycles. The van der Waals surface area contributed by atoms with Crippen LogP contribution in [0.5, 0.6) is 0 Å². The minimum atomic E-state index is 0.436. The lowest BCUT2D eigenvalue weighted by Crippen LogP contribution is -1.82. The van der Waals surface area contributed by atoms with Crippen LogP contribution in [0.25, 0.3) is 0 Å². The zero-order valence-electron chi connectivity index (χ0n) is 6.37. The van der Waals surface area contributed by atoms with Crippen LogP contribution < -0.4 is 0 Å². The Hall–Kier alpha value is -1.37. The third-order valence-corrected chi connectivity index (χ3v) is 1.26. The van der Waals surface area contributed by atoms with Crippen LogP contribution in [-0.2, 0) is 12.8 Å². The van der Waals surface area contributed by atoms with E-state index >= 15 is 0 Å². The summed E-state index contributed by atoms with van der Waals surface area (Å²) in [6.45, 7) is 1.95. The zero-order valence-corrected chi connectivity index (χ0v) is 6.37. The molecule has 4 nitrogen and oxygen atoms in total. The van der Waals surface area contributed by atoms with Gasteiger partial charge in [-0.1, -0.05) is 6.92 Å². The molecule has 0 fully saturated rings. The van der Waals surface area contributed by atoms with Gasteiger partial charge in [0.1, 0.15) is 0 Å². The first kappa shape index (κ1) is 7.73. The molecule has 0 aliphatic rings. The Bertz CT molecular complexity index is 261. The van der Waals surface area contributed by atoms with Gasteiger partial charge in [-0.15, -0.1) is 10.2 Å². The molecule has 1 heterocycles. The van der Waals surface area contributed by atoms with Gasteiger partial charge in [0.25, 0.3) is 0 Å². The highest BCUT2D eigenvalue weighted by Crippen LogP contribution is 2.02. The Balaban J connectivity index is 2.53. The molecule has 0 N–H and O–H groups in total. The van der Waals surface area contributed by atoms with E-state index in [-0.39, 0.29) is 0 Å². The molecule has 0 bridgehead atoms. The molecule has 0 amide bonds. The molecule has 0 aliphatic carbocycles. The van der Waals surface area contributed by atoms with Crippen molar-refractivity contribution in [3.63, 3.8) is 0 Å². The van der Waals surface area contributed by atoms with E-state index in [2.05, 4.69) is 10.2 Å². The van der Waals surface area contributed by atoms with Crippen molar-refractivity contribution in [3.05, 3.63) is 11.8 Å². The zero-order chi connectivity index (χ0) is 8.10. The molecule has 1 aromatic rings. The van der Waals surface area contributed by atoms with Crippen molar-refractivity contribution >= 4 is 0 Å². The fraction of sp³-hybridized carbons (Fsp3) is 0.571. The Morgan fingerprint density at radius 2 is 2.18 bits per heavy atom. The van der Waals surface area contributed by atoms with Gasteiger partial charge in [0, 0.05) is 19.3 Å². The topological polar surface area (TPSA) is 62.7 Å². The second-order valence-electron chi connectivity index (χ2n) is 2.10. The van der Waals surface area contributed by atoms with Crippen molar-refractivity contribution in [2.45, 2.75) is 26.2 Å². The fourth-order valence-corrected chi connectivity index (χ4v) is 0.695. The van der Waals surface area contributed by atoms with Crippen LogP contribution in [0.2, 0.25) is 0 Å². The van der Waals surface area contributed by atoms with Crippen LogP contribution in [-0.4, -0.2) is 10.2 Å². The second kappa shape index (κ2) is 3.71. The number of hydrogen-bond acceptors (Lipinski definition) is 4. The summed E-state index contributed by atoms with van der Waals surface area (Å²) in [6.07, 6.45) is 1.74. The van der Waals surface area contributed by atoms with E-state index in [1.54, 1.807) is 0 Å². The van der Waals surface area contributed by atoms with Crippen molar-refractivity contribution < 1.29 is 4.42 Å². The first-order valence-electron chi connectivity index (χ1n) is 3.55. The summed E-state index contributed by atoms with van der Waals surface area (Å²) in [5.41, 5.74) is 0. The molecule has 0 radical (unpaired) electrons. The Kier molecular flexibility index (Phi) is 2.61. The molecule has 1 rings (SSSR count). The molecular weight excluding hydrogens is 142 g/mol. The van der Waals surface area contributed by atoms with Crippen molar-refractivity contribution in [1.82, 2.24) is 10.2 Å². The summed E-state index contributed by atoms with van der Waals surface area (Å²) in [6, 6.07) is 2.02. The van der Waals surface area contributed by atoms with Crippen molar-refractivity contribution in [3.8, 4) is 6.07 Å². The number of aromatic nitrogens is 2. The molecule has 58 valence electrons. The van der Waals surface area contributed by atoms with Crippen LogP contribution in [0, 0.1) is 11.3 Å².